The lowest BCUT2D eigenvalue weighted by atomic mass is 10.3. The number of thioether (sulfide) groups is 1. The minimum absolute atomic E-state index is 0.159. The van der Waals surface area contributed by atoms with Crippen molar-refractivity contribution >= 4 is 62.3 Å². The number of amides is 1. The van der Waals surface area contributed by atoms with Crippen LogP contribution in [0.4, 0.5) is 11.5 Å². The van der Waals surface area contributed by atoms with Crippen LogP contribution in [0.25, 0.3) is 10.2 Å². The fourth-order valence-corrected chi connectivity index (χ4v) is 4.55. The van der Waals surface area contributed by atoms with Gasteiger partial charge >= 0.3 is 0 Å². The maximum atomic E-state index is 12.7. The smallest absolute Gasteiger partial charge is 0.265 e. The van der Waals surface area contributed by atoms with Crippen LogP contribution in [0.1, 0.15) is 22.5 Å². The van der Waals surface area contributed by atoms with E-state index in [0.717, 1.165) is 34.3 Å². The molecule has 134 valence electrons. The van der Waals surface area contributed by atoms with Gasteiger partial charge in [-0.2, -0.15) is 0 Å². The minimum Gasteiger partial charge on any atom is -0.356 e. The molecule has 5 nitrogen and oxygen atoms in total. The van der Waals surface area contributed by atoms with E-state index in [1.54, 1.807) is 12.1 Å². The van der Waals surface area contributed by atoms with Gasteiger partial charge in [0.15, 0.2) is 5.16 Å². The Morgan fingerprint density at radius 1 is 1.27 bits per heavy atom. The van der Waals surface area contributed by atoms with Gasteiger partial charge in [0, 0.05) is 23.8 Å². The van der Waals surface area contributed by atoms with Gasteiger partial charge in [-0.1, -0.05) is 29.4 Å². The van der Waals surface area contributed by atoms with E-state index in [9.17, 15) is 4.79 Å². The molecule has 1 aromatic carbocycles. The molecule has 1 aliphatic rings. The summed E-state index contributed by atoms with van der Waals surface area (Å²) in [6, 6.07) is 9.03. The lowest BCUT2D eigenvalue weighted by Gasteiger charge is -2.17. The van der Waals surface area contributed by atoms with Gasteiger partial charge in [-0.05, 0) is 43.4 Å². The van der Waals surface area contributed by atoms with E-state index < -0.39 is 0 Å². The van der Waals surface area contributed by atoms with Crippen LogP contribution in [0, 0.1) is 0 Å². The first kappa shape index (κ1) is 17.6. The van der Waals surface area contributed by atoms with E-state index in [1.807, 2.05) is 24.5 Å². The van der Waals surface area contributed by atoms with Gasteiger partial charge in [-0.3, -0.25) is 4.79 Å². The molecule has 0 radical (unpaired) electrons. The molecule has 0 atom stereocenters. The Kier molecular flexibility index (Phi) is 5.02. The van der Waals surface area contributed by atoms with Crippen molar-refractivity contribution in [1.82, 2.24) is 9.97 Å². The molecule has 3 heterocycles. The Balaban J connectivity index is 1.70. The molecular weight excluding hydrogens is 388 g/mol. The Bertz CT molecular complexity index is 969. The summed E-state index contributed by atoms with van der Waals surface area (Å²) in [4.78, 5) is 25.7. The summed E-state index contributed by atoms with van der Waals surface area (Å²) >= 11 is 8.91. The Hall–Kier alpha value is -1.83. The molecule has 26 heavy (non-hydrogen) atoms. The number of thiophene rings is 1. The minimum atomic E-state index is -0.159. The second kappa shape index (κ2) is 7.42. The summed E-state index contributed by atoms with van der Waals surface area (Å²) in [7, 11) is 0. The van der Waals surface area contributed by atoms with E-state index in [1.165, 1.54) is 35.9 Å². The summed E-state index contributed by atoms with van der Waals surface area (Å²) in [5, 5.41) is 5.18. The number of carbonyl (C=O) groups excluding carboxylic acids is 1. The van der Waals surface area contributed by atoms with Gasteiger partial charge in [0.1, 0.15) is 10.6 Å². The van der Waals surface area contributed by atoms with Crippen LogP contribution in [0.2, 0.25) is 5.02 Å². The third kappa shape index (κ3) is 3.51. The van der Waals surface area contributed by atoms with Crippen molar-refractivity contribution in [3.63, 3.8) is 0 Å². The number of carbonyl (C=O) groups is 1. The Morgan fingerprint density at radius 2 is 2.08 bits per heavy atom. The zero-order valence-electron chi connectivity index (χ0n) is 14.2. The standard InChI is InChI=1S/C18H17ClN4OS2/c1-25-18-21-15(23-7-2-3-8-23)13-10-14(26-17(13)22-18)16(24)20-12-6-4-5-11(19)9-12/h4-6,9-10H,2-3,7-8H2,1H3,(H,20,24). The summed E-state index contributed by atoms with van der Waals surface area (Å²) < 4.78 is 0. The topological polar surface area (TPSA) is 58.1 Å². The van der Waals surface area contributed by atoms with E-state index in [4.69, 9.17) is 16.6 Å². The number of rotatable bonds is 4. The SMILES string of the molecule is CSc1nc(N2CCCC2)c2cc(C(=O)Nc3cccc(Cl)c3)sc2n1. The number of fused-ring (bicyclic) bond motifs is 1. The van der Waals surface area contributed by atoms with Gasteiger partial charge in [0.05, 0.1) is 10.3 Å². The van der Waals surface area contributed by atoms with E-state index >= 15 is 0 Å². The molecule has 0 bridgehead atoms. The number of benzene rings is 1. The molecule has 1 saturated heterocycles. The van der Waals surface area contributed by atoms with Crippen molar-refractivity contribution in [1.29, 1.82) is 0 Å². The van der Waals surface area contributed by atoms with E-state index in [0.29, 0.717) is 15.6 Å². The lowest BCUT2D eigenvalue weighted by Crippen LogP contribution is -2.19. The Morgan fingerprint density at radius 3 is 2.81 bits per heavy atom. The Labute approximate surface area is 164 Å². The highest BCUT2D eigenvalue weighted by Crippen LogP contribution is 2.34. The van der Waals surface area contributed by atoms with Gasteiger partial charge in [-0.25, -0.2) is 9.97 Å². The number of nitrogens with one attached hydrogen (secondary N) is 1. The number of hydrogen-bond acceptors (Lipinski definition) is 6. The van der Waals surface area contributed by atoms with Gasteiger partial charge < -0.3 is 10.2 Å². The largest absolute Gasteiger partial charge is 0.356 e. The van der Waals surface area contributed by atoms with Crippen LogP contribution >= 0.6 is 34.7 Å². The van der Waals surface area contributed by atoms with Crippen LogP contribution in [-0.2, 0) is 0 Å². The predicted molar refractivity (Wildman–Crippen MR) is 110 cm³/mol. The molecule has 0 saturated carbocycles. The number of anilines is 2. The van der Waals surface area contributed by atoms with Crippen LogP contribution in [-0.4, -0.2) is 35.2 Å². The average Bonchev–Trinajstić information content (AvgIpc) is 3.30. The molecule has 1 aliphatic heterocycles. The average molecular weight is 405 g/mol. The quantitative estimate of drug-likeness (QED) is 0.494. The molecule has 1 amide bonds. The van der Waals surface area contributed by atoms with Crippen molar-refractivity contribution in [2.45, 2.75) is 18.0 Å². The summed E-state index contributed by atoms with van der Waals surface area (Å²) in [5.41, 5.74) is 0.676. The highest BCUT2D eigenvalue weighted by Gasteiger charge is 2.21. The summed E-state index contributed by atoms with van der Waals surface area (Å²) in [5.74, 6) is 0.781. The van der Waals surface area contributed by atoms with Crippen LogP contribution < -0.4 is 10.2 Å². The van der Waals surface area contributed by atoms with Gasteiger partial charge in [0.2, 0.25) is 0 Å². The second-order valence-corrected chi connectivity index (χ2v) is 8.26. The fraction of sp³-hybridized carbons (Fsp3) is 0.278. The molecule has 0 spiro atoms. The van der Waals surface area contributed by atoms with Crippen LogP contribution in [0.5, 0.6) is 0 Å². The number of nitrogens with zero attached hydrogens (tertiary/aromatic N) is 3. The van der Waals surface area contributed by atoms with Crippen molar-refractivity contribution < 1.29 is 4.79 Å². The zero-order valence-corrected chi connectivity index (χ0v) is 16.5. The molecule has 1 N–H and O–H groups in total. The first-order chi connectivity index (χ1) is 12.6. The van der Waals surface area contributed by atoms with E-state index in [2.05, 4.69) is 15.2 Å². The molecule has 3 aromatic rings. The monoisotopic (exact) mass is 404 g/mol. The first-order valence-electron chi connectivity index (χ1n) is 8.31. The normalized spacial score (nSPS) is 14.2. The van der Waals surface area contributed by atoms with Crippen LogP contribution in [0.15, 0.2) is 35.5 Å². The lowest BCUT2D eigenvalue weighted by molar-refractivity contribution is 0.103. The molecule has 0 aliphatic carbocycles. The van der Waals surface area contributed by atoms with Gasteiger partial charge in [0.25, 0.3) is 5.91 Å². The molecule has 0 unspecified atom stereocenters. The van der Waals surface area contributed by atoms with Crippen molar-refractivity contribution in [2.24, 2.45) is 0 Å². The first-order valence-corrected chi connectivity index (χ1v) is 10.7. The van der Waals surface area contributed by atoms with Crippen LogP contribution in [0.3, 0.4) is 0 Å². The fourth-order valence-electron chi connectivity index (χ4n) is 3.02. The molecule has 4 rings (SSSR count). The molecule has 8 heteroatoms. The molecular formula is C18H17ClN4OS2. The summed E-state index contributed by atoms with van der Waals surface area (Å²) in [6.45, 7) is 2.00. The molecule has 1 fully saturated rings. The molecule has 2 aromatic heterocycles. The maximum Gasteiger partial charge on any atom is 0.265 e. The number of aromatic nitrogens is 2. The van der Waals surface area contributed by atoms with Crippen molar-refractivity contribution in [3.8, 4) is 0 Å². The number of hydrogen-bond donors (Lipinski definition) is 1. The highest BCUT2D eigenvalue weighted by molar-refractivity contribution is 7.98. The van der Waals surface area contributed by atoms with Crippen molar-refractivity contribution in [3.05, 3.63) is 40.2 Å². The second-order valence-electron chi connectivity index (χ2n) is 6.02. The highest BCUT2D eigenvalue weighted by atomic mass is 35.5. The predicted octanol–water partition coefficient (Wildman–Crippen LogP) is 4.92. The van der Waals surface area contributed by atoms with E-state index in [-0.39, 0.29) is 5.91 Å². The van der Waals surface area contributed by atoms with Crippen molar-refractivity contribution in [2.75, 3.05) is 29.6 Å². The zero-order chi connectivity index (χ0) is 18.1. The number of halogens is 1. The third-order valence-electron chi connectivity index (χ3n) is 4.25. The van der Waals surface area contributed by atoms with Gasteiger partial charge in [-0.15, -0.1) is 11.3 Å². The maximum absolute atomic E-state index is 12.7. The third-order valence-corrected chi connectivity index (χ3v) is 6.06. The summed E-state index contributed by atoms with van der Waals surface area (Å²) in [6.07, 6.45) is 4.31.